The number of benzene rings is 1. The van der Waals surface area contributed by atoms with Gasteiger partial charge < -0.3 is 9.31 Å². The van der Waals surface area contributed by atoms with Gasteiger partial charge in [0, 0.05) is 5.46 Å². The van der Waals surface area contributed by atoms with Crippen LogP contribution in [0, 0.1) is 12.7 Å². The third-order valence-electron chi connectivity index (χ3n) is 3.81. The van der Waals surface area contributed by atoms with Crippen LogP contribution in [0.3, 0.4) is 0 Å². The zero-order valence-corrected chi connectivity index (χ0v) is 12.1. The van der Waals surface area contributed by atoms with Crippen molar-refractivity contribution < 1.29 is 13.7 Å². The molecular formula is C13H17BClFO2. The monoisotopic (exact) mass is 270 g/mol. The predicted molar refractivity (Wildman–Crippen MR) is 71.9 cm³/mol. The smallest absolute Gasteiger partial charge is 0.399 e. The number of rotatable bonds is 1. The molecule has 18 heavy (non-hydrogen) atoms. The van der Waals surface area contributed by atoms with E-state index in [0.29, 0.717) is 11.0 Å². The van der Waals surface area contributed by atoms with E-state index in [9.17, 15) is 4.39 Å². The molecular weight excluding hydrogens is 253 g/mol. The van der Waals surface area contributed by atoms with Gasteiger partial charge in [-0.25, -0.2) is 4.39 Å². The number of hydrogen-bond acceptors (Lipinski definition) is 2. The minimum absolute atomic E-state index is 0.127. The molecule has 1 heterocycles. The van der Waals surface area contributed by atoms with Crippen molar-refractivity contribution in [1.82, 2.24) is 0 Å². The van der Waals surface area contributed by atoms with E-state index in [1.807, 2.05) is 27.7 Å². The Morgan fingerprint density at radius 3 is 2.11 bits per heavy atom. The first-order valence-corrected chi connectivity index (χ1v) is 6.33. The largest absolute Gasteiger partial charge is 0.497 e. The summed E-state index contributed by atoms with van der Waals surface area (Å²) in [5.74, 6) is -0.463. The summed E-state index contributed by atoms with van der Waals surface area (Å²) in [6, 6.07) is 3.44. The molecule has 0 saturated carbocycles. The maximum atomic E-state index is 14.1. The number of halogens is 2. The Morgan fingerprint density at radius 2 is 1.61 bits per heavy atom. The summed E-state index contributed by atoms with van der Waals surface area (Å²) in [6.07, 6.45) is 0. The highest BCUT2D eigenvalue weighted by molar-refractivity contribution is 6.62. The van der Waals surface area contributed by atoms with Crippen LogP contribution in [0.2, 0.25) is 5.02 Å². The molecule has 1 aliphatic rings. The van der Waals surface area contributed by atoms with Crippen LogP contribution in [-0.4, -0.2) is 18.3 Å². The van der Waals surface area contributed by atoms with Gasteiger partial charge in [-0.1, -0.05) is 23.7 Å². The molecule has 2 nitrogen and oxygen atoms in total. The first kappa shape index (κ1) is 13.8. The molecule has 0 bridgehead atoms. The van der Waals surface area contributed by atoms with Gasteiger partial charge in [-0.15, -0.1) is 0 Å². The van der Waals surface area contributed by atoms with Crippen molar-refractivity contribution >= 4 is 24.2 Å². The molecule has 1 saturated heterocycles. The highest BCUT2D eigenvalue weighted by Crippen LogP contribution is 2.37. The number of aryl methyl sites for hydroxylation is 1. The summed E-state index contributed by atoms with van der Waals surface area (Å²) in [6.45, 7) is 9.49. The molecule has 0 N–H and O–H groups in total. The molecule has 0 spiro atoms. The Kier molecular flexibility index (Phi) is 3.25. The Bertz CT molecular complexity index is 472. The molecule has 1 aromatic carbocycles. The van der Waals surface area contributed by atoms with Crippen molar-refractivity contribution in [1.29, 1.82) is 0 Å². The SMILES string of the molecule is Cc1ccc(B2OC(C)(C)C(C)(C)O2)c(F)c1Cl. The first-order valence-electron chi connectivity index (χ1n) is 5.96. The topological polar surface area (TPSA) is 18.5 Å². The maximum absolute atomic E-state index is 14.1. The Labute approximate surface area is 113 Å². The summed E-state index contributed by atoms with van der Waals surface area (Å²) < 4.78 is 25.7. The highest BCUT2D eigenvalue weighted by Gasteiger charge is 2.52. The highest BCUT2D eigenvalue weighted by atomic mass is 35.5. The second-order valence-corrected chi connectivity index (χ2v) is 6.07. The zero-order valence-electron chi connectivity index (χ0n) is 11.3. The fourth-order valence-corrected chi connectivity index (χ4v) is 1.99. The van der Waals surface area contributed by atoms with Crippen molar-refractivity contribution in [2.24, 2.45) is 0 Å². The Hall–Kier alpha value is -0.575. The fourth-order valence-electron chi connectivity index (χ4n) is 1.81. The molecule has 0 atom stereocenters. The first-order chi connectivity index (χ1) is 8.16. The molecule has 0 amide bonds. The van der Waals surface area contributed by atoms with Crippen LogP contribution < -0.4 is 5.46 Å². The molecule has 0 unspecified atom stereocenters. The zero-order chi connectivity index (χ0) is 13.7. The normalized spacial score (nSPS) is 21.4. The van der Waals surface area contributed by atoms with Gasteiger partial charge in [-0.3, -0.25) is 0 Å². The third-order valence-corrected chi connectivity index (χ3v) is 4.28. The van der Waals surface area contributed by atoms with Gasteiger partial charge in [0.25, 0.3) is 0 Å². The second kappa shape index (κ2) is 4.22. The van der Waals surface area contributed by atoms with Crippen LogP contribution >= 0.6 is 11.6 Å². The minimum atomic E-state index is -0.715. The van der Waals surface area contributed by atoms with E-state index in [4.69, 9.17) is 20.9 Å². The molecule has 1 fully saturated rings. The maximum Gasteiger partial charge on any atom is 0.497 e. The van der Waals surface area contributed by atoms with E-state index in [1.165, 1.54) is 0 Å². The molecule has 0 radical (unpaired) electrons. The van der Waals surface area contributed by atoms with Crippen LogP contribution in [0.4, 0.5) is 4.39 Å². The molecule has 98 valence electrons. The van der Waals surface area contributed by atoms with Crippen LogP contribution in [0.5, 0.6) is 0 Å². The summed E-state index contributed by atoms with van der Waals surface area (Å²) in [5.41, 5.74) is 0.0850. The van der Waals surface area contributed by atoms with Crippen LogP contribution in [-0.2, 0) is 9.31 Å². The van der Waals surface area contributed by atoms with Crippen LogP contribution in [0.1, 0.15) is 33.3 Å². The molecule has 0 aromatic heterocycles. The van der Waals surface area contributed by atoms with E-state index >= 15 is 0 Å². The summed E-state index contributed by atoms with van der Waals surface area (Å²) in [4.78, 5) is 0. The van der Waals surface area contributed by atoms with Crippen molar-refractivity contribution in [3.8, 4) is 0 Å². The van der Waals surface area contributed by atoms with Gasteiger partial charge >= 0.3 is 7.12 Å². The second-order valence-electron chi connectivity index (χ2n) is 5.69. The van der Waals surface area contributed by atoms with Crippen LogP contribution in [0.25, 0.3) is 0 Å². The van der Waals surface area contributed by atoms with E-state index in [0.717, 1.165) is 0 Å². The molecule has 2 rings (SSSR count). The van der Waals surface area contributed by atoms with Crippen molar-refractivity contribution in [2.75, 3.05) is 0 Å². The molecule has 0 aliphatic carbocycles. The van der Waals surface area contributed by atoms with E-state index in [-0.39, 0.29) is 5.02 Å². The van der Waals surface area contributed by atoms with Gasteiger partial charge in [-0.2, -0.15) is 0 Å². The van der Waals surface area contributed by atoms with Gasteiger partial charge in [0.1, 0.15) is 5.82 Å². The van der Waals surface area contributed by atoms with E-state index < -0.39 is 24.1 Å². The number of hydrogen-bond donors (Lipinski definition) is 0. The Balaban J connectivity index is 2.39. The van der Waals surface area contributed by atoms with Gasteiger partial charge in [-0.05, 0) is 40.2 Å². The van der Waals surface area contributed by atoms with Crippen molar-refractivity contribution in [2.45, 2.75) is 45.8 Å². The summed E-state index contributed by atoms with van der Waals surface area (Å²) in [7, 11) is -0.715. The fraction of sp³-hybridized carbons (Fsp3) is 0.538. The standard InChI is InChI=1S/C13H17BClFO2/c1-8-6-7-9(11(16)10(8)15)14-17-12(2,3)13(4,5)18-14/h6-7H,1-5H3. The predicted octanol–water partition coefficient (Wildman–Crippen LogP) is 3.09. The summed E-state index contributed by atoms with van der Waals surface area (Å²) in [5, 5.41) is 0.127. The third kappa shape index (κ3) is 2.06. The van der Waals surface area contributed by atoms with Gasteiger partial charge in [0.05, 0.1) is 16.2 Å². The average molecular weight is 271 g/mol. The lowest BCUT2D eigenvalue weighted by molar-refractivity contribution is 0.00578. The van der Waals surface area contributed by atoms with E-state index in [1.54, 1.807) is 19.1 Å². The van der Waals surface area contributed by atoms with E-state index in [2.05, 4.69) is 0 Å². The Morgan fingerprint density at radius 1 is 1.11 bits per heavy atom. The average Bonchev–Trinajstić information content (AvgIpc) is 2.45. The lowest BCUT2D eigenvalue weighted by Crippen LogP contribution is -2.41. The molecule has 1 aliphatic heterocycles. The molecule has 5 heteroatoms. The lowest BCUT2D eigenvalue weighted by Gasteiger charge is -2.32. The van der Waals surface area contributed by atoms with Crippen molar-refractivity contribution in [3.05, 3.63) is 28.5 Å². The lowest BCUT2D eigenvalue weighted by atomic mass is 9.78. The minimum Gasteiger partial charge on any atom is -0.399 e. The van der Waals surface area contributed by atoms with Crippen LogP contribution in [0.15, 0.2) is 12.1 Å². The van der Waals surface area contributed by atoms with Gasteiger partial charge in [0.15, 0.2) is 0 Å². The van der Waals surface area contributed by atoms with Crippen molar-refractivity contribution in [3.63, 3.8) is 0 Å². The summed E-state index contributed by atoms with van der Waals surface area (Å²) >= 11 is 5.92. The quantitative estimate of drug-likeness (QED) is 0.730. The van der Waals surface area contributed by atoms with Gasteiger partial charge in [0.2, 0.25) is 0 Å². The molecule has 1 aromatic rings.